The Morgan fingerprint density at radius 1 is 0.484 bits per heavy atom. The van der Waals surface area contributed by atoms with Crippen LogP contribution >= 0.6 is 0 Å². The summed E-state index contributed by atoms with van der Waals surface area (Å²) in [5, 5.41) is 23.8. The fourth-order valence-corrected chi connectivity index (χ4v) is 7.89. The third kappa shape index (κ3) is 44.2. The summed E-state index contributed by atoms with van der Waals surface area (Å²) in [6.07, 6.45) is 61.3. The zero-order valence-electron chi connectivity index (χ0n) is 41.0. The van der Waals surface area contributed by atoms with Gasteiger partial charge in [-0.2, -0.15) is 0 Å². The fraction of sp³-hybridized carbons (Fsp3) is 0.786. The van der Waals surface area contributed by atoms with Crippen LogP contribution in [0.3, 0.4) is 0 Å². The molecule has 0 saturated heterocycles. The molecule has 1 amide bonds. The average molecular weight is 868 g/mol. The lowest BCUT2D eigenvalue weighted by Crippen LogP contribution is -2.46. The summed E-state index contributed by atoms with van der Waals surface area (Å²) in [7, 11) is 0. The van der Waals surface area contributed by atoms with Crippen molar-refractivity contribution in [2.24, 2.45) is 0 Å². The summed E-state index contributed by atoms with van der Waals surface area (Å²) in [4.78, 5) is 26.2. The second kappa shape index (κ2) is 49.6. The number of hydrogen-bond acceptors (Lipinski definition) is 5. The van der Waals surface area contributed by atoms with Crippen molar-refractivity contribution in [3.8, 4) is 0 Å². The Morgan fingerprint density at radius 2 is 0.871 bits per heavy atom. The van der Waals surface area contributed by atoms with Crippen LogP contribution in [0.5, 0.6) is 0 Å². The molecule has 0 aromatic carbocycles. The van der Waals surface area contributed by atoms with Gasteiger partial charge in [0.05, 0.1) is 25.2 Å². The molecule has 0 rings (SSSR count). The summed E-state index contributed by atoms with van der Waals surface area (Å²) in [6, 6.07) is -0.712. The number of aliphatic hydroxyl groups is 2. The van der Waals surface area contributed by atoms with Crippen molar-refractivity contribution in [3.05, 3.63) is 60.8 Å². The predicted octanol–water partition coefficient (Wildman–Crippen LogP) is 16.0. The average Bonchev–Trinajstić information content (AvgIpc) is 3.26. The van der Waals surface area contributed by atoms with E-state index >= 15 is 0 Å². The van der Waals surface area contributed by atoms with Crippen LogP contribution in [0.1, 0.15) is 258 Å². The molecule has 0 heterocycles. The number of allylic oxidation sites excluding steroid dienone is 10. The molecule has 0 aliphatic heterocycles. The highest BCUT2D eigenvalue weighted by Gasteiger charge is 2.24. The second-order valence-corrected chi connectivity index (χ2v) is 18.0. The molecule has 0 saturated carbocycles. The van der Waals surface area contributed by atoms with E-state index < -0.39 is 18.2 Å². The van der Waals surface area contributed by atoms with Crippen LogP contribution < -0.4 is 5.32 Å². The third-order valence-electron chi connectivity index (χ3n) is 11.9. The number of ether oxygens (including phenoxy) is 1. The van der Waals surface area contributed by atoms with Crippen LogP contribution in [-0.4, -0.2) is 46.9 Å². The van der Waals surface area contributed by atoms with E-state index in [1.54, 1.807) is 0 Å². The molecule has 360 valence electrons. The summed E-state index contributed by atoms with van der Waals surface area (Å²) in [6.45, 7) is 6.33. The molecule has 0 aromatic heterocycles. The number of amides is 1. The number of carbonyl (C=O) groups excluding carboxylic acids is 2. The van der Waals surface area contributed by atoms with Gasteiger partial charge in [0.25, 0.3) is 0 Å². The standard InChI is InChI=1S/C56H101NO5/c1-4-7-10-13-16-19-22-25-27-30-33-36-39-42-45-48-54(59)53(51-58)57-55(60)50-52(47-44-41-38-35-32-29-24-21-18-15-12-9-6-3)62-56(61)49-46-43-40-37-34-31-28-26-23-20-17-14-11-8-5-2/h8,11,14,17-18,20-21,23-24,29,52-54,58-59H,4-7,9-10,12-13,15-16,19,22,25-28,30-51H2,1-3H3,(H,57,60)/b11-8+,17-14+,21-18+,23-20+,29-24+. The number of hydrogen-bond donors (Lipinski definition) is 3. The highest BCUT2D eigenvalue weighted by molar-refractivity contribution is 5.77. The van der Waals surface area contributed by atoms with Crippen LogP contribution in [0.15, 0.2) is 60.8 Å². The van der Waals surface area contributed by atoms with E-state index in [0.29, 0.717) is 19.3 Å². The second-order valence-electron chi connectivity index (χ2n) is 18.0. The molecular formula is C56H101NO5. The molecule has 3 unspecified atom stereocenters. The molecule has 6 nitrogen and oxygen atoms in total. The Hall–Kier alpha value is -2.44. The maximum absolute atomic E-state index is 13.2. The van der Waals surface area contributed by atoms with Crippen molar-refractivity contribution < 1.29 is 24.5 Å². The van der Waals surface area contributed by atoms with Crippen molar-refractivity contribution in [3.63, 3.8) is 0 Å². The number of nitrogens with one attached hydrogen (secondary N) is 1. The van der Waals surface area contributed by atoms with Gasteiger partial charge in [-0.15, -0.1) is 0 Å². The smallest absolute Gasteiger partial charge is 0.306 e. The van der Waals surface area contributed by atoms with Gasteiger partial charge in [0.1, 0.15) is 6.10 Å². The molecule has 0 radical (unpaired) electrons. The maximum Gasteiger partial charge on any atom is 0.306 e. The summed E-state index contributed by atoms with van der Waals surface area (Å²) < 4.78 is 5.92. The van der Waals surface area contributed by atoms with Crippen LogP contribution in [0.2, 0.25) is 0 Å². The Morgan fingerprint density at radius 3 is 1.35 bits per heavy atom. The molecule has 6 heteroatoms. The Labute approximate surface area is 384 Å². The van der Waals surface area contributed by atoms with Crippen molar-refractivity contribution in [1.29, 1.82) is 0 Å². The van der Waals surface area contributed by atoms with Gasteiger partial charge in [0, 0.05) is 6.42 Å². The van der Waals surface area contributed by atoms with Crippen molar-refractivity contribution in [2.45, 2.75) is 277 Å². The highest BCUT2D eigenvalue weighted by Crippen LogP contribution is 2.18. The van der Waals surface area contributed by atoms with Crippen molar-refractivity contribution in [1.82, 2.24) is 5.32 Å². The van der Waals surface area contributed by atoms with E-state index in [2.05, 4.69) is 86.8 Å². The van der Waals surface area contributed by atoms with Gasteiger partial charge < -0.3 is 20.3 Å². The molecule has 0 fully saturated rings. The minimum absolute atomic E-state index is 0.0582. The number of unbranched alkanes of at least 4 members (excludes halogenated alkanes) is 28. The van der Waals surface area contributed by atoms with E-state index in [4.69, 9.17) is 4.74 Å². The lowest BCUT2D eigenvalue weighted by Gasteiger charge is -2.24. The van der Waals surface area contributed by atoms with E-state index in [-0.39, 0.29) is 24.9 Å². The lowest BCUT2D eigenvalue weighted by atomic mass is 10.0. The zero-order chi connectivity index (χ0) is 45.2. The van der Waals surface area contributed by atoms with Gasteiger partial charge in [0.2, 0.25) is 5.91 Å². The first-order valence-corrected chi connectivity index (χ1v) is 26.6. The van der Waals surface area contributed by atoms with Gasteiger partial charge in [0.15, 0.2) is 0 Å². The Bertz CT molecular complexity index is 1110. The largest absolute Gasteiger partial charge is 0.462 e. The first-order chi connectivity index (χ1) is 30.5. The minimum Gasteiger partial charge on any atom is -0.462 e. The van der Waals surface area contributed by atoms with Gasteiger partial charge in [-0.1, -0.05) is 236 Å². The van der Waals surface area contributed by atoms with Gasteiger partial charge in [-0.25, -0.2) is 0 Å². The summed E-state index contributed by atoms with van der Waals surface area (Å²) >= 11 is 0. The summed E-state index contributed by atoms with van der Waals surface area (Å²) in [5.74, 6) is -0.505. The van der Waals surface area contributed by atoms with E-state index in [1.807, 2.05) is 0 Å². The van der Waals surface area contributed by atoms with Crippen LogP contribution in [0.4, 0.5) is 0 Å². The minimum atomic E-state index is -0.797. The predicted molar refractivity (Wildman–Crippen MR) is 268 cm³/mol. The molecule has 3 atom stereocenters. The quantitative estimate of drug-likeness (QED) is 0.0322. The maximum atomic E-state index is 13.2. The topological polar surface area (TPSA) is 95.9 Å². The van der Waals surface area contributed by atoms with E-state index in [1.165, 1.54) is 122 Å². The first-order valence-electron chi connectivity index (χ1n) is 26.6. The van der Waals surface area contributed by atoms with Crippen LogP contribution in [0.25, 0.3) is 0 Å². The van der Waals surface area contributed by atoms with E-state index in [9.17, 15) is 19.8 Å². The number of rotatable bonds is 47. The normalized spacial score (nSPS) is 13.7. The third-order valence-corrected chi connectivity index (χ3v) is 11.9. The molecule has 0 aliphatic carbocycles. The molecule has 0 spiro atoms. The van der Waals surface area contributed by atoms with Gasteiger partial charge >= 0.3 is 5.97 Å². The number of esters is 1. The monoisotopic (exact) mass is 868 g/mol. The highest BCUT2D eigenvalue weighted by atomic mass is 16.5. The van der Waals surface area contributed by atoms with Crippen molar-refractivity contribution in [2.75, 3.05) is 6.61 Å². The van der Waals surface area contributed by atoms with Crippen LogP contribution in [0, 0.1) is 0 Å². The van der Waals surface area contributed by atoms with E-state index in [0.717, 1.165) is 89.9 Å². The van der Waals surface area contributed by atoms with Crippen molar-refractivity contribution >= 4 is 11.9 Å². The zero-order valence-corrected chi connectivity index (χ0v) is 41.0. The Balaban J connectivity index is 4.58. The molecule has 62 heavy (non-hydrogen) atoms. The van der Waals surface area contributed by atoms with Crippen LogP contribution in [-0.2, 0) is 14.3 Å². The molecule has 0 bridgehead atoms. The SMILES string of the molecule is CC/C=C/C=C/C=C/CCCCCCCCCC(=O)OC(CCCCCC/C=C/C=C/CCCCC)CC(=O)NC(CO)C(O)CCCCCCCCCCCCCCCCC. The Kier molecular flexibility index (Phi) is 47.6. The lowest BCUT2D eigenvalue weighted by molar-refractivity contribution is -0.151. The first kappa shape index (κ1) is 59.6. The number of aliphatic hydroxyl groups excluding tert-OH is 2. The molecule has 0 aliphatic rings. The fourth-order valence-electron chi connectivity index (χ4n) is 7.89. The molecule has 0 aromatic rings. The number of carbonyl (C=O) groups is 2. The molecular weight excluding hydrogens is 767 g/mol. The molecule has 3 N–H and O–H groups in total. The summed E-state index contributed by atoms with van der Waals surface area (Å²) in [5.41, 5.74) is 0. The van der Waals surface area contributed by atoms with Gasteiger partial charge in [-0.3, -0.25) is 9.59 Å². The van der Waals surface area contributed by atoms with Gasteiger partial charge in [-0.05, 0) is 70.6 Å².